The molecule has 1 saturated heterocycles. The smallest absolute Gasteiger partial charge is 0.164 e. The molecule has 3 saturated carbocycles. The van der Waals surface area contributed by atoms with Gasteiger partial charge in [0.25, 0.3) is 0 Å². The average molecular weight is 389 g/mol. The monoisotopic (exact) mass is 388 g/mol. The molecule has 1 N–H and O–H groups in total. The zero-order valence-corrected chi connectivity index (χ0v) is 16.6. The first kappa shape index (κ1) is 16.6. The Hall–Kier alpha value is -1.37. The van der Waals surface area contributed by atoms with Gasteiger partial charge in [0.2, 0.25) is 0 Å². The van der Waals surface area contributed by atoms with Gasteiger partial charge in [-0.15, -0.1) is 0 Å². The normalized spacial score (nSPS) is 39.3. The Morgan fingerprint density at radius 2 is 2.00 bits per heavy atom. The van der Waals surface area contributed by atoms with Crippen LogP contribution >= 0.6 is 11.6 Å². The number of hydrogen-bond donors (Lipinski definition) is 1. The van der Waals surface area contributed by atoms with Gasteiger partial charge in [-0.25, -0.2) is 9.97 Å². The summed E-state index contributed by atoms with van der Waals surface area (Å²) in [6, 6.07) is 2.62. The Bertz CT molecular complexity index is 924. The number of ether oxygens (including phenoxy) is 2. The number of imidazole rings is 1. The van der Waals surface area contributed by atoms with E-state index in [2.05, 4.69) is 21.8 Å². The van der Waals surface area contributed by atoms with Gasteiger partial charge in [0.15, 0.2) is 11.4 Å². The lowest BCUT2D eigenvalue weighted by Gasteiger charge is -2.28. The van der Waals surface area contributed by atoms with Gasteiger partial charge < -0.3 is 19.4 Å². The van der Waals surface area contributed by atoms with Gasteiger partial charge in [0.1, 0.15) is 16.8 Å². The van der Waals surface area contributed by atoms with Gasteiger partial charge in [-0.3, -0.25) is 0 Å². The second-order valence-electron chi connectivity index (χ2n) is 9.16. The third kappa shape index (κ3) is 2.33. The fourth-order valence-corrected chi connectivity index (χ4v) is 5.79. The van der Waals surface area contributed by atoms with Gasteiger partial charge >= 0.3 is 0 Å². The Kier molecular flexibility index (Phi) is 3.29. The van der Waals surface area contributed by atoms with E-state index in [1.54, 1.807) is 0 Å². The molecule has 3 heterocycles. The summed E-state index contributed by atoms with van der Waals surface area (Å²) in [5.41, 5.74) is 2.74. The Labute approximate surface area is 163 Å². The van der Waals surface area contributed by atoms with Crippen molar-refractivity contribution in [1.82, 2.24) is 14.5 Å². The van der Waals surface area contributed by atoms with Crippen LogP contribution in [-0.4, -0.2) is 38.6 Å². The first-order valence-corrected chi connectivity index (χ1v) is 10.5. The minimum Gasteiger partial charge on any atom is -0.380 e. The third-order valence-corrected chi connectivity index (χ3v) is 7.27. The van der Waals surface area contributed by atoms with Crippen molar-refractivity contribution >= 4 is 28.5 Å². The lowest BCUT2D eigenvalue weighted by Crippen LogP contribution is -2.31. The van der Waals surface area contributed by atoms with Crippen LogP contribution < -0.4 is 5.32 Å². The van der Waals surface area contributed by atoms with Gasteiger partial charge in [0.05, 0.1) is 24.2 Å². The van der Waals surface area contributed by atoms with E-state index in [0.717, 1.165) is 16.9 Å². The first-order chi connectivity index (χ1) is 12.9. The summed E-state index contributed by atoms with van der Waals surface area (Å²) in [4.78, 5) is 9.38. The number of fused-ring (bicyclic) bond motifs is 4. The number of rotatable bonds is 3. The average Bonchev–Trinajstić information content (AvgIpc) is 2.85. The van der Waals surface area contributed by atoms with E-state index in [1.165, 1.54) is 19.3 Å². The quantitative estimate of drug-likeness (QED) is 0.805. The van der Waals surface area contributed by atoms with E-state index in [-0.39, 0.29) is 18.2 Å². The first-order valence-electron chi connectivity index (χ1n) is 10.1. The SMILES string of the molecule is C[C@H]1[C@H]2[C@H]3OC(C)(C)O[C@H]3[C@H](n3cnc4c(NC5CCC5)cc(Cl)nc43)[C@@H]12. The van der Waals surface area contributed by atoms with Crippen molar-refractivity contribution in [2.75, 3.05) is 5.32 Å². The molecule has 4 fully saturated rings. The molecule has 0 spiro atoms. The molecule has 0 aromatic carbocycles. The molecule has 3 aliphatic carbocycles. The van der Waals surface area contributed by atoms with Crippen LogP contribution in [0.1, 0.15) is 46.1 Å². The van der Waals surface area contributed by atoms with Gasteiger partial charge in [-0.2, -0.15) is 0 Å². The highest BCUT2D eigenvalue weighted by Crippen LogP contribution is 2.66. The van der Waals surface area contributed by atoms with Crippen molar-refractivity contribution < 1.29 is 9.47 Å². The number of aromatic nitrogens is 3. The zero-order valence-electron chi connectivity index (χ0n) is 15.9. The number of halogens is 1. The molecule has 0 unspecified atom stereocenters. The van der Waals surface area contributed by atoms with Gasteiger partial charge in [-0.1, -0.05) is 18.5 Å². The molecule has 27 heavy (non-hydrogen) atoms. The maximum atomic E-state index is 6.39. The standard InChI is InChI=1S/C20H25ClN4O2/c1-9-13-14(9)17-18(27-20(2,3)26-17)16(13)25-8-22-15-11(23-10-5-4-6-10)7-12(21)24-19(15)25/h7-10,13-14,16-18H,4-6H2,1-3H3,(H,23,24)/t9-,13+,14-,16-,17-,18+/m1/s1. The summed E-state index contributed by atoms with van der Waals surface area (Å²) in [7, 11) is 0. The summed E-state index contributed by atoms with van der Waals surface area (Å²) >= 11 is 6.39. The Morgan fingerprint density at radius 1 is 1.22 bits per heavy atom. The third-order valence-electron chi connectivity index (χ3n) is 7.08. The molecule has 7 heteroatoms. The van der Waals surface area contributed by atoms with Crippen LogP contribution in [-0.2, 0) is 9.47 Å². The number of nitrogens with one attached hydrogen (secondary N) is 1. The molecular formula is C20H25ClN4O2. The van der Waals surface area contributed by atoms with Crippen LogP contribution in [0.5, 0.6) is 0 Å². The molecule has 2 aromatic rings. The van der Waals surface area contributed by atoms with Gasteiger partial charge in [-0.05, 0) is 50.9 Å². The van der Waals surface area contributed by atoms with Crippen LogP contribution in [0.25, 0.3) is 11.2 Å². The van der Waals surface area contributed by atoms with E-state index in [9.17, 15) is 0 Å². The molecule has 6 nitrogen and oxygen atoms in total. The molecule has 6 atom stereocenters. The van der Waals surface area contributed by atoms with Crippen LogP contribution in [0.4, 0.5) is 5.69 Å². The van der Waals surface area contributed by atoms with E-state index in [4.69, 9.17) is 26.1 Å². The van der Waals surface area contributed by atoms with Crippen molar-refractivity contribution in [1.29, 1.82) is 0 Å². The van der Waals surface area contributed by atoms with Crippen LogP contribution in [0.2, 0.25) is 5.15 Å². The molecule has 0 radical (unpaired) electrons. The number of nitrogens with zero attached hydrogens (tertiary/aromatic N) is 3. The summed E-state index contributed by atoms with van der Waals surface area (Å²) in [6.45, 7) is 6.33. The van der Waals surface area contributed by atoms with Crippen molar-refractivity contribution in [2.24, 2.45) is 17.8 Å². The van der Waals surface area contributed by atoms with Gasteiger partial charge in [0, 0.05) is 12.1 Å². The lowest BCUT2D eigenvalue weighted by atomic mass is 9.93. The minimum absolute atomic E-state index is 0.0485. The zero-order chi connectivity index (χ0) is 18.5. The highest BCUT2D eigenvalue weighted by molar-refractivity contribution is 6.30. The van der Waals surface area contributed by atoms with Crippen molar-refractivity contribution in [3.05, 3.63) is 17.5 Å². The van der Waals surface area contributed by atoms with Crippen LogP contribution in [0.15, 0.2) is 12.4 Å². The Balaban J connectivity index is 1.42. The van der Waals surface area contributed by atoms with E-state index < -0.39 is 5.79 Å². The predicted octanol–water partition coefficient (Wildman–Crippen LogP) is 4.01. The van der Waals surface area contributed by atoms with E-state index in [1.807, 2.05) is 26.2 Å². The van der Waals surface area contributed by atoms with Crippen LogP contribution in [0.3, 0.4) is 0 Å². The number of anilines is 1. The number of pyridine rings is 1. The predicted molar refractivity (Wildman–Crippen MR) is 103 cm³/mol. The maximum absolute atomic E-state index is 6.39. The fourth-order valence-electron chi connectivity index (χ4n) is 5.60. The number of hydrogen-bond acceptors (Lipinski definition) is 5. The van der Waals surface area contributed by atoms with Crippen molar-refractivity contribution in [3.8, 4) is 0 Å². The molecular weight excluding hydrogens is 364 g/mol. The van der Waals surface area contributed by atoms with Crippen molar-refractivity contribution in [2.45, 2.75) is 70.1 Å². The minimum atomic E-state index is -0.529. The molecule has 1 aliphatic heterocycles. The van der Waals surface area contributed by atoms with E-state index >= 15 is 0 Å². The summed E-state index contributed by atoms with van der Waals surface area (Å²) in [6.07, 6.45) is 5.82. The molecule has 0 amide bonds. The fraction of sp³-hybridized carbons (Fsp3) is 0.700. The molecule has 2 aromatic heterocycles. The summed E-state index contributed by atoms with van der Waals surface area (Å²) < 4.78 is 14.8. The highest BCUT2D eigenvalue weighted by atomic mass is 35.5. The molecule has 0 bridgehead atoms. The molecule has 4 aliphatic rings. The summed E-state index contributed by atoms with van der Waals surface area (Å²) in [5, 5.41) is 4.10. The second-order valence-corrected chi connectivity index (χ2v) is 9.55. The molecule has 6 rings (SSSR count). The van der Waals surface area contributed by atoms with Crippen LogP contribution in [0, 0.1) is 17.8 Å². The van der Waals surface area contributed by atoms with E-state index in [0.29, 0.717) is 28.9 Å². The maximum Gasteiger partial charge on any atom is 0.164 e. The summed E-state index contributed by atoms with van der Waals surface area (Å²) in [5.74, 6) is 1.22. The largest absolute Gasteiger partial charge is 0.380 e. The highest BCUT2D eigenvalue weighted by Gasteiger charge is 2.70. The van der Waals surface area contributed by atoms with Crippen molar-refractivity contribution in [3.63, 3.8) is 0 Å². The Morgan fingerprint density at radius 3 is 2.74 bits per heavy atom. The second kappa shape index (κ2) is 5.37. The lowest BCUT2D eigenvalue weighted by molar-refractivity contribution is -0.156. The molecule has 144 valence electrons. The topological polar surface area (TPSA) is 61.2 Å².